The summed E-state index contributed by atoms with van der Waals surface area (Å²) in [5.74, 6) is 0.414. The molecule has 2 saturated carbocycles. The zero-order valence-corrected chi connectivity index (χ0v) is 16.5. The summed E-state index contributed by atoms with van der Waals surface area (Å²) in [6, 6.07) is 9.40. The number of unbranched alkanes of at least 4 members (excludes halogenated alkanes) is 1. The van der Waals surface area contributed by atoms with E-state index in [1.807, 2.05) is 30.3 Å². The molecule has 3 N–H and O–H groups in total. The predicted molar refractivity (Wildman–Crippen MR) is 107 cm³/mol. The maximum absolute atomic E-state index is 13.0. The third-order valence-corrected chi connectivity index (χ3v) is 6.41. The molecule has 152 valence electrons. The maximum atomic E-state index is 13.0. The number of carbonyl (C=O) groups is 2. The van der Waals surface area contributed by atoms with E-state index in [0.29, 0.717) is 18.3 Å². The van der Waals surface area contributed by atoms with Crippen molar-refractivity contribution < 1.29 is 19.8 Å². The van der Waals surface area contributed by atoms with Crippen molar-refractivity contribution in [1.29, 1.82) is 0 Å². The number of hydrogen-bond acceptors (Lipinski definition) is 3. The van der Waals surface area contributed by atoms with Crippen LogP contribution in [0, 0.1) is 23.7 Å². The average molecular weight is 386 g/mol. The molecule has 0 aliphatic heterocycles. The standard InChI is InChI=1S/C23H31NO4/c1-23(28,18-8-4-2-5-9-18)15-24-22(27)21-17-13-12-16(14-17)19(21)10-6-3-7-11-20(25)26/h2,4-6,8-10,16-17,19,21,28H,3,7,11-15H2,1H3,(H,24,27)(H,25,26). The highest BCUT2D eigenvalue weighted by Gasteiger charge is 2.49. The third kappa shape index (κ3) is 4.82. The lowest BCUT2D eigenvalue weighted by Crippen LogP contribution is -2.44. The summed E-state index contributed by atoms with van der Waals surface area (Å²) in [7, 11) is 0. The summed E-state index contributed by atoms with van der Waals surface area (Å²) >= 11 is 0. The van der Waals surface area contributed by atoms with Crippen molar-refractivity contribution in [2.45, 2.75) is 51.0 Å². The van der Waals surface area contributed by atoms with Crippen LogP contribution < -0.4 is 5.32 Å². The molecule has 0 aromatic heterocycles. The second kappa shape index (κ2) is 8.91. The van der Waals surface area contributed by atoms with Crippen LogP contribution in [0.25, 0.3) is 0 Å². The van der Waals surface area contributed by atoms with E-state index >= 15 is 0 Å². The number of rotatable bonds is 9. The molecule has 0 saturated heterocycles. The van der Waals surface area contributed by atoms with Crippen molar-refractivity contribution in [2.75, 3.05) is 6.54 Å². The lowest BCUT2D eigenvalue weighted by Gasteiger charge is -2.30. The normalized spacial score (nSPS) is 28.4. The van der Waals surface area contributed by atoms with Gasteiger partial charge in [-0.2, -0.15) is 0 Å². The number of nitrogens with one attached hydrogen (secondary N) is 1. The van der Waals surface area contributed by atoms with Crippen molar-refractivity contribution in [3.05, 3.63) is 48.0 Å². The van der Waals surface area contributed by atoms with Gasteiger partial charge >= 0.3 is 5.97 Å². The van der Waals surface area contributed by atoms with Crippen LogP contribution in [0.3, 0.4) is 0 Å². The number of carboxylic acids is 1. The van der Waals surface area contributed by atoms with E-state index in [-0.39, 0.29) is 30.7 Å². The van der Waals surface area contributed by atoms with Crippen LogP contribution in [0.1, 0.15) is 51.0 Å². The fraction of sp³-hybridized carbons (Fsp3) is 0.565. The Hall–Kier alpha value is -2.14. The van der Waals surface area contributed by atoms with Gasteiger partial charge in [-0.3, -0.25) is 9.59 Å². The Morgan fingerprint density at radius 1 is 1.21 bits per heavy atom. The molecule has 28 heavy (non-hydrogen) atoms. The first kappa shape index (κ1) is 20.6. The Kier molecular flexibility index (Phi) is 6.55. The molecule has 2 aliphatic rings. The molecular formula is C23H31NO4. The van der Waals surface area contributed by atoms with E-state index in [2.05, 4.69) is 17.5 Å². The average Bonchev–Trinajstić information content (AvgIpc) is 3.28. The Bertz CT molecular complexity index is 713. The molecule has 1 amide bonds. The van der Waals surface area contributed by atoms with Crippen molar-refractivity contribution in [1.82, 2.24) is 5.32 Å². The van der Waals surface area contributed by atoms with E-state index < -0.39 is 11.6 Å². The SMILES string of the molecule is CC(O)(CNC(=O)C1C2CCC(C2)C1C=CCCCC(=O)O)c1ccccc1. The molecule has 2 fully saturated rings. The first-order valence-electron chi connectivity index (χ1n) is 10.3. The van der Waals surface area contributed by atoms with E-state index in [1.165, 1.54) is 6.42 Å². The third-order valence-electron chi connectivity index (χ3n) is 6.41. The summed E-state index contributed by atoms with van der Waals surface area (Å²) in [5.41, 5.74) is -0.311. The molecule has 0 heterocycles. The molecule has 5 heteroatoms. The fourth-order valence-electron chi connectivity index (χ4n) is 4.90. The minimum absolute atomic E-state index is 0.0311. The number of aliphatic carboxylic acids is 1. The number of carboxylic acid groups (broad SMARTS) is 1. The molecule has 2 bridgehead atoms. The minimum Gasteiger partial charge on any atom is -0.481 e. The van der Waals surface area contributed by atoms with Gasteiger partial charge in [-0.25, -0.2) is 0 Å². The van der Waals surface area contributed by atoms with Crippen LogP contribution in [-0.2, 0) is 15.2 Å². The number of benzene rings is 1. The molecule has 3 rings (SSSR count). The largest absolute Gasteiger partial charge is 0.481 e. The quantitative estimate of drug-likeness (QED) is 0.449. The second-order valence-corrected chi connectivity index (χ2v) is 8.51. The predicted octanol–water partition coefficient (Wildman–Crippen LogP) is 3.48. The molecule has 2 aliphatic carbocycles. The number of aliphatic hydroxyl groups is 1. The summed E-state index contributed by atoms with van der Waals surface area (Å²) in [6.07, 6.45) is 9.10. The van der Waals surface area contributed by atoms with Gasteiger partial charge in [0.25, 0.3) is 0 Å². The van der Waals surface area contributed by atoms with E-state index in [0.717, 1.165) is 24.8 Å². The van der Waals surface area contributed by atoms with E-state index in [4.69, 9.17) is 5.11 Å². The highest BCUT2D eigenvalue weighted by atomic mass is 16.4. The van der Waals surface area contributed by atoms with Crippen molar-refractivity contribution in [2.24, 2.45) is 23.7 Å². The molecule has 1 aromatic carbocycles. The smallest absolute Gasteiger partial charge is 0.303 e. The van der Waals surface area contributed by atoms with Gasteiger partial charge in [0.05, 0.1) is 6.54 Å². The Morgan fingerprint density at radius 2 is 1.93 bits per heavy atom. The highest BCUT2D eigenvalue weighted by Crippen LogP contribution is 2.53. The lowest BCUT2D eigenvalue weighted by atomic mass is 9.78. The van der Waals surface area contributed by atoms with Crippen molar-refractivity contribution >= 4 is 11.9 Å². The molecule has 0 spiro atoms. The van der Waals surface area contributed by atoms with Gasteiger partial charge in [-0.05, 0) is 62.3 Å². The number of fused-ring (bicyclic) bond motifs is 2. The summed E-state index contributed by atoms with van der Waals surface area (Å²) < 4.78 is 0. The van der Waals surface area contributed by atoms with Gasteiger partial charge in [-0.1, -0.05) is 42.5 Å². The minimum atomic E-state index is -1.10. The molecule has 0 radical (unpaired) electrons. The van der Waals surface area contributed by atoms with Crippen LogP contribution >= 0.6 is 0 Å². The zero-order chi connectivity index (χ0) is 20.1. The number of carbonyl (C=O) groups excluding carboxylic acids is 1. The molecule has 5 atom stereocenters. The topological polar surface area (TPSA) is 86.6 Å². The fourth-order valence-corrected chi connectivity index (χ4v) is 4.90. The van der Waals surface area contributed by atoms with Crippen LogP contribution in [0.4, 0.5) is 0 Å². The monoisotopic (exact) mass is 385 g/mol. The van der Waals surface area contributed by atoms with E-state index in [1.54, 1.807) is 6.92 Å². The van der Waals surface area contributed by atoms with Gasteiger partial charge in [0.2, 0.25) is 5.91 Å². The van der Waals surface area contributed by atoms with Crippen molar-refractivity contribution in [3.8, 4) is 0 Å². The Morgan fingerprint density at radius 3 is 2.64 bits per heavy atom. The molecular weight excluding hydrogens is 354 g/mol. The van der Waals surface area contributed by atoms with Crippen LogP contribution in [-0.4, -0.2) is 28.6 Å². The second-order valence-electron chi connectivity index (χ2n) is 8.51. The van der Waals surface area contributed by atoms with Crippen LogP contribution in [0.15, 0.2) is 42.5 Å². The first-order valence-corrected chi connectivity index (χ1v) is 10.3. The van der Waals surface area contributed by atoms with Gasteiger partial charge in [-0.15, -0.1) is 0 Å². The summed E-state index contributed by atoms with van der Waals surface area (Å²) in [5, 5.41) is 22.5. The summed E-state index contributed by atoms with van der Waals surface area (Å²) in [4.78, 5) is 23.6. The molecule has 5 nitrogen and oxygen atoms in total. The number of allylic oxidation sites excluding steroid dienone is 2. The van der Waals surface area contributed by atoms with Crippen LogP contribution in [0.5, 0.6) is 0 Å². The zero-order valence-electron chi connectivity index (χ0n) is 16.5. The lowest BCUT2D eigenvalue weighted by molar-refractivity contribution is -0.137. The first-order chi connectivity index (χ1) is 13.4. The summed E-state index contributed by atoms with van der Waals surface area (Å²) in [6.45, 7) is 1.92. The van der Waals surface area contributed by atoms with Gasteiger partial charge in [0, 0.05) is 12.3 Å². The Labute approximate surface area is 166 Å². The maximum Gasteiger partial charge on any atom is 0.303 e. The van der Waals surface area contributed by atoms with Gasteiger partial charge < -0.3 is 15.5 Å². The van der Waals surface area contributed by atoms with Gasteiger partial charge in [0.15, 0.2) is 0 Å². The van der Waals surface area contributed by atoms with Gasteiger partial charge in [0.1, 0.15) is 5.60 Å². The molecule has 1 aromatic rings. The Balaban J connectivity index is 1.58. The number of amides is 1. The molecule has 5 unspecified atom stereocenters. The highest BCUT2D eigenvalue weighted by molar-refractivity contribution is 5.80. The van der Waals surface area contributed by atoms with Crippen molar-refractivity contribution in [3.63, 3.8) is 0 Å². The van der Waals surface area contributed by atoms with E-state index in [9.17, 15) is 14.7 Å². The van der Waals surface area contributed by atoms with Crippen LogP contribution in [0.2, 0.25) is 0 Å². The number of hydrogen-bond donors (Lipinski definition) is 3.